The van der Waals surface area contributed by atoms with E-state index in [2.05, 4.69) is 0 Å². The third-order valence-corrected chi connectivity index (χ3v) is 6.55. The van der Waals surface area contributed by atoms with Crippen molar-refractivity contribution in [1.82, 2.24) is 0 Å². The molecular weight excluding hydrogens is 522 g/mol. The highest BCUT2D eigenvalue weighted by molar-refractivity contribution is 6.51. The molecule has 3 aromatic carbocycles. The Morgan fingerprint density at radius 3 is 2.29 bits per heavy atom. The minimum absolute atomic E-state index is 0.0460. The zero-order valence-corrected chi connectivity index (χ0v) is 24.0. The van der Waals surface area contributed by atoms with Crippen LogP contribution in [0.25, 0.3) is 5.76 Å². The highest BCUT2D eigenvalue weighted by atomic mass is 16.5. The molecule has 1 aliphatic heterocycles. The summed E-state index contributed by atoms with van der Waals surface area (Å²) in [5.74, 6) is -1.38. The molecule has 0 saturated carbocycles. The minimum Gasteiger partial charge on any atom is -0.507 e. The van der Waals surface area contributed by atoms with Crippen molar-refractivity contribution in [2.24, 2.45) is 0 Å². The molecule has 0 bridgehead atoms. The zero-order valence-electron chi connectivity index (χ0n) is 24.0. The van der Waals surface area contributed by atoms with Crippen molar-refractivity contribution in [3.63, 3.8) is 0 Å². The van der Waals surface area contributed by atoms with Gasteiger partial charge in [-0.15, -0.1) is 0 Å². The van der Waals surface area contributed by atoms with Gasteiger partial charge in [-0.2, -0.15) is 0 Å². The van der Waals surface area contributed by atoms with Gasteiger partial charge in [0.05, 0.1) is 42.9 Å². The van der Waals surface area contributed by atoms with E-state index in [-0.39, 0.29) is 35.4 Å². The molecule has 8 nitrogen and oxygen atoms in total. The lowest BCUT2D eigenvalue weighted by molar-refractivity contribution is -0.146. The van der Waals surface area contributed by atoms with Crippen LogP contribution in [0.15, 0.2) is 72.3 Å². The number of aryl methyl sites for hydroxylation is 1. The quantitative estimate of drug-likeness (QED) is 0.143. The fraction of sp³-hybridized carbons (Fsp3) is 0.303. The number of aliphatic hydroxyl groups is 1. The number of Topliss-reactive ketones (excluding diaryl/α,β-unsaturated/α-hetero) is 1. The third kappa shape index (κ3) is 6.43. The number of benzene rings is 3. The molecule has 0 spiro atoms. The largest absolute Gasteiger partial charge is 0.507 e. The van der Waals surface area contributed by atoms with Gasteiger partial charge >= 0.3 is 5.97 Å². The van der Waals surface area contributed by atoms with E-state index in [0.717, 1.165) is 5.56 Å². The van der Waals surface area contributed by atoms with Crippen molar-refractivity contribution in [2.45, 2.75) is 53.2 Å². The predicted octanol–water partition coefficient (Wildman–Crippen LogP) is 5.91. The Bertz CT molecular complexity index is 1470. The van der Waals surface area contributed by atoms with Crippen LogP contribution in [0.1, 0.15) is 56.0 Å². The van der Waals surface area contributed by atoms with Gasteiger partial charge in [-0.3, -0.25) is 19.3 Å². The molecule has 8 heteroatoms. The number of ether oxygens (including phenoxy) is 3. The highest BCUT2D eigenvalue weighted by Gasteiger charge is 2.47. The van der Waals surface area contributed by atoms with Gasteiger partial charge in [-0.25, -0.2) is 0 Å². The molecule has 1 atom stereocenters. The maximum absolute atomic E-state index is 13.6. The van der Waals surface area contributed by atoms with Crippen LogP contribution in [0, 0.1) is 6.92 Å². The molecule has 1 saturated heterocycles. The molecule has 214 valence electrons. The first-order valence-electron chi connectivity index (χ1n) is 13.7. The van der Waals surface area contributed by atoms with E-state index in [0.29, 0.717) is 41.5 Å². The molecular formula is C33H35NO7. The van der Waals surface area contributed by atoms with Crippen LogP contribution >= 0.6 is 0 Å². The Morgan fingerprint density at radius 1 is 0.951 bits per heavy atom. The molecule has 0 aliphatic carbocycles. The van der Waals surface area contributed by atoms with Crippen LogP contribution in [-0.4, -0.2) is 42.1 Å². The number of anilines is 1. The smallest absolute Gasteiger partial charge is 0.310 e. The van der Waals surface area contributed by atoms with Gasteiger partial charge in [0.1, 0.15) is 17.3 Å². The summed E-state index contributed by atoms with van der Waals surface area (Å²) >= 11 is 0. The summed E-state index contributed by atoms with van der Waals surface area (Å²) in [7, 11) is 0. The summed E-state index contributed by atoms with van der Waals surface area (Å²) in [4.78, 5) is 40.7. The van der Waals surface area contributed by atoms with E-state index in [4.69, 9.17) is 14.2 Å². The number of nitrogens with zero attached hydrogens (tertiary/aromatic N) is 1. The number of ketones is 1. The lowest BCUT2D eigenvalue weighted by Crippen LogP contribution is -2.29. The van der Waals surface area contributed by atoms with Crippen LogP contribution < -0.4 is 14.4 Å². The van der Waals surface area contributed by atoms with E-state index in [9.17, 15) is 19.5 Å². The van der Waals surface area contributed by atoms with Gasteiger partial charge in [-0.1, -0.05) is 42.0 Å². The fourth-order valence-corrected chi connectivity index (χ4v) is 4.87. The Hall–Kier alpha value is -4.59. The number of aliphatic hydroxyl groups excluding tert-OH is 1. The molecule has 1 fully saturated rings. The maximum atomic E-state index is 13.6. The van der Waals surface area contributed by atoms with E-state index in [1.165, 1.54) is 4.90 Å². The first-order valence-corrected chi connectivity index (χ1v) is 13.7. The summed E-state index contributed by atoms with van der Waals surface area (Å²) in [6.45, 7) is 9.94. The summed E-state index contributed by atoms with van der Waals surface area (Å²) in [6, 6.07) is 18.4. The molecule has 0 aromatic heterocycles. The Morgan fingerprint density at radius 2 is 1.66 bits per heavy atom. The van der Waals surface area contributed by atoms with Crippen LogP contribution in [0.2, 0.25) is 0 Å². The Balaban J connectivity index is 1.82. The number of amides is 1. The average Bonchev–Trinajstić information content (AvgIpc) is 3.19. The first-order chi connectivity index (χ1) is 19.6. The molecule has 1 heterocycles. The van der Waals surface area contributed by atoms with Crippen molar-refractivity contribution in [2.75, 3.05) is 18.1 Å². The second-order valence-corrected chi connectivity index (χ2v) is 9.99. The molecule has 1 N–H and O–H groups in total. The Labute approximate surface area is 240 Å². The van der Waals surface area contributed by atoms with Crippen molar-refractivity contribution in [3.05, 3.63) is 94.6 Å². The molecule has 1 amide bonds. The van der Waals surface area contributed by atoms with Crippen LogP contribution in [-0.2, 0) is 25.5 Å². The van der Waals surface area contributed by atoms with Gasteiger partial charge < -0.3 is 19.3 Å². The topological polar surface area (TPSA) is 102 Å². The van der Waals surface area contributed by atoms with Gasteiger partial charge in [0, 0.05) is 11.8 Å². The maximum Gasteiger partial charge on any atom is 0.310 e. The zero-order chi connectivity index (χ0) is 29.7. The van der Waals surface area contributed by atoms with Crippen molar-refractivity contribution >= 4 is 29.1 Å². The minimum atomic E-state index is -0.896. The SMILES string of the molecule is CCOc1ccc(/C(O)=C2/C(=O)C(=O)N(c3ccc(CC(=O)OC(C)C)cc3)C2c2cccc(C)c2)c(OCC)c1. The first kappa shape index (κ1) is 29.4. The molecule has 4 rings (SSSR count). The van der Waals surface area contributed by atoms with Gasteiger partial charge in [-0.05, 0) is 70.0 Å². The number of hydrogen-bond donors (Lipinski definition) is 1. The van der Waals surface area contributed by atoms with E-state index < -0.39 is 17.7 Å². The third-order valence-electron chi connectivity index (χ3n) is 6.55. The number of esters is 1. The summed E-state index contributed by atoms with van der Waals surface area (Å²) in [5, 5.41) is 11.6. The number of carbonyl (C=O) groups is 3. The summed E-state index contributed by atoms with van der Waals surface area (Å²) < 4.78 is 16.6. The summed E-state index contributed by atoms with van der Waals surface area (Å²) in [5.41, 5.74) is 3.00. The van der Waals surface area contributed by atoms with Gasteiger partial charge in [0.2, 0.25) is 0 Å². The Kier molecular flexibility index (Phi) is 9.12. The fourth-order valence-electron chi connectivity index (χ4n) is 4.87. The van der Waals surface area contributed by atoms with Crippen LogP contribution in [0.3, 0.4) is 0 Å². The van der Waals surface area contributed by atoms with Crippen molar-refractivity contribution < 1.29 is 33.7 Å². The molecule has 0 radical (unpaired) electrons. The molecule has 41 heavy (non-hydrogen) atoms. The van der Waals surface area contributed by atoms with Crippen molar-refractivity contribution in [1.29, 1.82) is 0 Å². The van der Waals surface area contributed by atoms with E-state index in [1.54, 1.807) is 56.3 Å². The lowest BCUT2D eigenvalue weighted by Gasteiger charge is -2.26. The molecule has 1 aliphatic rings. The standard InChI is InChI=1S/C33H35NO7/c1-6-39-25-15-16-26(27(19-25)40-7-2)31(36)29-30(23-10-8-9-21(5)17-23)34(33(38)32(29)37)24-13-11-22(12-14-24)18-28(35)41-20(3)4/h8-17,19-20,30,36H,6-7,18H2,1-5H3/b31-29-. The highest BCUT2D eigenvalue weighted by Crippen LogP contribution is 2.44. The average molecular weight is 558 g/mol. The predicted molar refractivity (Wildman–Crippen MR) is 156 cm³/mol. The second-order valence-electron chi connectivity index (χ2n) is 9.99. The number of hydrogen-bond acceptors (Lipinski definition) is 7. The number of carbonyl (C=O) groups excluding carboxylic acids is 3. The molecule has 3 aromatic rings. The second kappa shape index (κ2) is 12.7. The monoisotopic (exact) mass is 557 g/mol. The summed E-state index contributed by atoms with van der Waals surface area (Å²) in [6.07, 6.45) is -0.141. The number of rotatable bonds is 10. The van der Waals surface area contributed by atoms with Crippen LogP contribution in [0.5, 0.6) is 11.5 Å². The van der Waals surface area contributed by atoms with Gasteiger partial charge in [0.15, 0.2) is 0 Å². The van der Waals surface area contributed by atoms with Crippen LogP contribution in [0.4, 0.5) is 5.69 Å². The van der Waals surface area contributed by atoms with E-state index in [1.807, 2.05) is 45.0 Å². The van der Waals surface area contributed by atoms with E-state index >= 15 is 0 Å². The molecule has 1 unspecified atom stereocenters. The lowest BCUT2D eigenvalue weighted by atomic mass is 9.94. The van der Waals surface area contributed by atoms with Gasteiger partial charge in [0.25, 0.3) is 11.7 Å². The van der Waals surface area contributed by atoms with Crippen molar-refractivity contribution in [3.8, 4) is 11.5 Å². The normalized spacial score (nSPS) is 16.2.